The molecule has 1 aliphatic rings. The number of hydrogen-bond acceptors (Lipinski definition) is 3. The van der Waals surface area contributed by atoms with E-state index in [4.69, 9.17) is 0 Å². The molecule has 19 heavy (non-hydrogen) atoms. The third-order valence-corrected chi connectivity index (χ3v) is 2.90. The number of amides is 1. The molecule has 0 bridgehead atoms. The lowest BCUT2D eigenvalue weighted by Gasteiger charge is -2.34. The summed E-state index contributed by atoms with van der Waals surface area (Å²) >= 11 is 0. The zero-order valence-electron chi connectivity index (χ0n) is 11.2. The first-order valence-electron chi connectivity index (χ1n) is 6.25. The Morgan fingerprint density at radius 2 is 2.11 bits per heavy atom. The van der Waals surface area contributed by atoms with Gasteiger partial charge in [-0.3, -0.25) is 10.2 Å². The first kappa shape index (κ1) is 15.8. The molecule has 1 aliphatic heterocycles. The first-order valence-corrected chi connectivity index (χ1v) is 6.25. The lowest BCUT2D eigenvalue weighted by molar-refractivity contribution is -0.289. The summed E-state index contributed by atoms with van der Waals surface area (Å²) in [7, 11) is 0. The number of unbranched alkanes of at least 4 members (excludes halogenated alkanes) is 1. The second kappa shape index (κ2) is 5.40. The summed E-state index contributed by atoms with van der Waals surface area (Å²) in [6.45, 7) is 4.86. The number of nitrogens with one attached hydrogen (secondary N) is 1. The summed E-state index contributed by atoms with van der Waals surface area (Å²) in [6.07, 6.45) is -2.42. The standard InChI is InChI=1S/C12H19F3N2O2/c1-4-5-6-9-7-11(19,12(13,14)15)17(16-9)10(18)8(2)3/h7-8,16,19H,4-6H2,1-3H3/t11-/m1/s1. The van der Waals surface area contributed by atoms with E-state index < -0.39 is 23.7 Å². The summed E-state index contributed by atoms with van der Waals surface area (Å²) in [5.41, 5.74) is -0.669. The molecule has 0 radical (unpaired) electrons. The number of carbonyl (C=O) groups excluding carboxylic acids is 1. The molecule has 0 spiro atoms. The van der Waals surface area contributed by atoms with E-state index >= 15 is 0 Å². The molecule has 0 aromatic carbocycles. The lowest BCUT2D eigenvalue weighted by Crippen LogP contribution is -2.61. The monoisotopic (exact) mass is 280 g/mol. The molecule has 2 N–H and O–H groups in total. The fraction of sp³-hybridized carbons (Fsp3) is 0.750. The maximum absolute atomic E-state index is 13.0. The topological polar surface area (TPSA) is 52.6 Å². The minimum absolute atomic E-state index is 0.218. The highest BCUT2D eigenvalue weighted by Crippen LogP contribution is 2.39. The van der Waals surface area contributed by atoms with Gasteiger partial charge in [0.25, 0.3) is 5.72 Å². The first-order chi connectivity index (χ1) is 8.63. The third-order valence-electron chi connectivity index (χ3n) is 2.90. The summed E-state index contributed by atoms with van der Waals surface area (Å²) in [4.78, 5) is 11.8. The smallest absolute Gasteiger partial charge is 0.359 e. The van der Waals surface area contributed by atoms with Crippen LogP contribution >= 0.6 is 0 Å². The van der Waals surface area contributed by atoms with Gasteiger partial charge < -0.3 is 5.11 Å². The predicted octanol–water partition coefficient (Wildman–Crippen LogP) is 2.31. The number of carbonyl (C=O) groups is 1. The Kier molecular flexibility index (Phi) is 4.50. The van der Waals surface area contributed by atoms with Crippen LogP contribution in [-0.2, 0) is 4.79 Å². The van der Waals surface area contributed by atoms with Gasteiger partial charge in [-0.2, -0.15) is 13.2 Å². The van der Waals surface area contributed by atoms with Gasteiger partial charge in [0.2, 0.25) is 5.91 Å². The zero-order valence-corrected chi connectivity index (χ0v) is 11.2. The van der Waals surface area contributed by atoms with E-state index in [9.17, 15) is 23.1 Å². The van der Waals surface area contributed by atoms with Crippen LogP contribution in [0.15, 0.2) is 11.8 Å². The molecular weight excluding hydrogens is 261 g/mol. The van der Waals surface area contributed by atoms with Crippen LogP contribution in [0.1, 0.15) is 40.0 Å². The van der Waals surface area contributed by atoms with Crippen LogP contribution in [0.3, 0.4) is 0 Å². The molecule has 0 aromatic heterocycles. The molecule has 0 saturated heterocycles. The van der Waals surface area contributed by atoms with Crippen LogP contribution in [0.5, 0.6) is 0 Å². The van der Waals surface area contributed by atoms with Crippen LogP contribution in [0, 0.1) is 5.92 Å². The van der Waals surface area contributed by atoms with Crippen molar-refractivity contribution in [1.29, 1.82) is 0 Å². The maximum Gasteiger partial charge on any atom is 0.442 e. The van der Waals surface area contributed by atoms with Crippen molar-refractivity contribution in [1.82, 2.24) is 10.4 Å². The number of alkyl halides is 3. The summed E-state index contributed by atoms with van der Waals surface area (Å²) in [5, 5.41) is 10.1. The van der Waals surface area contributed by atoms with E-state index in [1.165, 1.54) is 13.8 Å². The second-order valence-electron chi connectivity index (χ2n) is 4.94. The molecule has 110 valence electrons. The number of hydrogen-bond donors (Lipinski definition) is 2. The van der Waals surface area contributed by atoms with Gasteiger partial charge in [-0.1, -0.05) is 27.2 Å². The molecule has 0 aromatic rings. The molecule has 0 unspecified atom stereocenters. The van der Waals surface area contributed by atoms with Crippen molar-refractivity contribution in [3.05, 3.63) is 11.8 Å². The van der Waals surface area contributed by atoms with Gasteiger partial charge in [0.15, 0.2) is 0 Å². The van der Waals surface area contributed by atoms with E-state index in [1.54, 1.807) is 0 Å². The molecule has 1 atom stereocenters. The van der Waals surface area contributed by atoms with E-state index in [2.05, 4.69) is 5.43 Å². The maximum atomic E-state index is 13.0. The quantitative estimate of drug-likeness (QED) is 0.831. The Morgan fingerprint density at radius 3 is 2.53 bits per heavy atom. The van der Waals surface area contributed by atoms with E-state index in [-0.39, 0.29) is 10.7 Å². The fourth-order valence-corrected chi connectivity index (χ4v) is 1.75. The van der Waals surface area contributed by atoms with Gasteiger partial charge in [0.05, 0.1) is 0 Å². The van der Waals surface area contributed by atoms with Crippen molar-refractivity contribution in [2.24, 2.45) is 5.92 Å². The Labute approximate surface area is 110 Å². The molecule has 4 nitrogen and oxygen atoms in total. The number of rotatable bonds is 4. The average molecular weight is 280 g/mol. The molecule has 1 amide bonds. The average Bonchev–Trinajstić information content (AvgIpc) is 2.63. The Morgan fingerprint density at radius 1 is 1.53 bits per heavy atom. The highest BCUT2D eigenvalue weighted by atomic mass is 19.4. The molecule has 1 heterocycles. The van der Waals surface area contributed by atoms with Gasteiger partial charge in [-0.15, -0.1) is 0 Å². The minimum Gasteiger partial charge on any atom is -0.359 e. The molecule has 1 rings (SSSR count). The molecular formula is C12H19F3N2O2. The Bertz CT molecular complexity index is 380. The van der Waals surface area contributed by atoms with Crippen LogP contribution in [0.2, 0.25) is 0 Å². The summed E-state index contributed by atoms with van der Waals surface area (Å²) < 4.78 is 39.0. The predicted molar refractivity (Wildman–Crippen MR) is 63.4 cm³/mol. The highest BCUT2D eigenvalue weighted by molar-refractivity contribution is 5.79. The molecule has 0 saturated carbocycles. The van der Waals surface area contributed by atoms with Crippen LogP contribution in [-0.4, -0.2) is 27.9 Å². The Balaban J connectivity index is 3.04. The van der Waals surface area contributed by atoms with Crippen molar-refractivity contribution in [2.45, 2.75) is 51.9 Å². The largest absolute Gasteiger partial charge is 0.442 e. The Hall–Kier alpha value is -1.24. The van der Waals surface area contributed by atoms with Gasteiger partial charge >= 0.3 is 6.18 Å². The van der Waals surface area contributed by atoms with Crippen molar-refractivity contribution in [3.8, 4) is 0 Å². The van der Waals surface area contributed by atoms with Gasteiger partial charge in [0.1, 0.15) is 0 Å². The number of aliphatic hydroxyl groups is 1. The summed E-state index contributed by atoms with van der Waals surface area (Å²) in [6, 6.07) is 0. The second-order valence-corrected chi connectivity index (χ2v) is 4.94. The molecule has 7 heteroatoms. The number of allylic oxidation sites excluding steroid dienone is 1. The van der Waals surface area contributed by atoms with Crippen molar-refractivity contribution in [3.63, 3.8) is 0 Å². The lowest BCUT2D eigenvalue weighted by atomic mass is 10.1. The highest BCUT2D eigenvalue weighted by Gasteiger charge is 2.61. The van der Waals surface area contributed by atoms with Gasteiger partial charge in [0, 0.05) is 11.6 Å². The minimum atomic E-state index is -4.95. The SMILES string of the molecule is CCCCC1=C[C@@](O)(C(F)(F)F)N(C(=O)C(C)C)N1. The van der Waals surface area contributed by atoms with Gasteiger partial charge in [-0.05, 0) is 18.9 Å². The number of nitrogens with zero attached hydrogens (tertiary/aromatic N) is 1. The third kappa shape index (κ3) is 3.02. The number of hydrazine groups is 1. The van der Waals surface area contributed by atoms with Crippen LogP contribution in [0.25, 0.3) is 0 Å². The van der Waals surface area contributed by atoms with E-state index in [0.29, 0.717) is 18.9 Å². The molecule has 0 fully saturated rings. The summed E-state index contributed by atoms with van der Waals surface area (Å²) in [5.74, 6) is -1.46. The van der Waals surface area contributed by atoms with Crippen molar-refractivity contribution < 1.29 is 23.1 Å². The molecule has 0 aliphatic carbocycles. The van der Waals surface area contributed by atoms with Crippen LogP contribution < -0.4 is 5.43 Å². The van der Waals surface area contributed by atoms with Crippen molar-refractivity contribution in [2.75, 3.05) is 0 Å². The van der Waals surface area contributed by atoms with Gasteiger partial charge in [-0.25, -0.2) is 5.01 Å². The van der Waals surface area contributed by atoms with E-state index in [1.807, 2.05) is 6.92 Å². The van der Waals surface area contributed by atoms with E-state index in [0.717, 1.165) is 6.42 Å². The zero-order chi connectivity index (χ0) is 14.8. The van der Waals surface area contributed by atoms with Crippen molar-refractivity contribution >= 4 is 5.91 Å². The van der Waals surface area contributed by atoms with Crippen LogP contribution in [0.4, 0.5) is 13.2 Å². The fourth-order valence-electron chi connectivity index (χ4n) is 1.75. The number of halogens is 3. The normalized spacial score (nSPS) is 23.6.